The van der Waals surface area contributed by atoms with Gasteiger partial charge in [-0.1, -0.05) is 54.1 Å². The fourth-order valence-electron chi connectivity index (χ4n) is 2.25. The molecular weight excluding hydrogens is 230 g/mol. The molecule has 0 atom stereocenters. The average molecular weight is 242 g/mol. The van der Waals surface area contributed by atoms with Gasteiger partial charge >= 0.3 is 0 Å². The largest absolute Gasteiger partial charge is 0.342 e. The molecule has 0 saturated carbocycles. The quantitative estimate of drug-likeness (QED) is 0.652. The molecule has 0 radical (unpaired) electrons. The molecule has 0 amide bonds. The molecule has 2 heteroatoms. The van der Waals surface area contributed by atoms with Gasteiger partial charge in [-0.15, -0.1) is 0 Å². The van der Waals surface area contributed by atoms with Crippen LogP contribution in [0.15, 0.2) is 42.5 Å². The lowest BCUT2D eigenvalue weighted by Gasteiger charge is -2.22. The van der Waals surface area contributed by atoms with E-state index >= 15 is 0 Å². The Bertz CT molecular complexity index is 602. The molecule has 0 unspecified atom stereocenters. The third-order valence-electron chi connectivity index (χ3n) is 3.09. The highest BCUT2D eigenvalue weighted by molar-refractivity contribution is 6.34. The van der Waals surface area contributed by atoms with E-state index in [-0.39, 0.29) is 0 Å². The molecule has 17 heavy (non-hydrogen) atoms. The van der Waals surface area contributed by atoms with Gasteiger partial charge in [0.15, 0.2) is 0 Å². The van der Waals surface area contributed by atoms with Crippen LogP contribution in [0.1, 0.15) is 11.1 Å². The zero-order chi connectivity index (χ0) is 11.8. The molecule has 0 aliphatic carbocycles. The van der Waals surface area contributed by atoms with Crippen LogP contribution >= 0.6 is 11.6 Å². The smallest absolute Gasteiger partial charge is 0.0671 e. The molecule has 0 N–H and O–H groups in total. The van der Waals surface area contributed by atoms with Crippen molar-refractivity contribution in [2.24, 2.45) is 0 Å². The van der Waals surface area contributed by atoms with Gasteiger partial charge in [-0.05, 0) is 23.3 Å². The molecule has 0 fully saturated rings. The summed E-state index contributed by atoms with van der Waals surface area (Å²) in [5, 5.41) is 0.784. The minimum atomic E-state index is 0.784. The highest BCUT2D eigenvalue weighted by Gasteiger charge is 2.16. The first kappa shape index (κ1) is 10.4. The molecule has 2 aromatic rings. The highest BCUT2D eigenvalue weighted by Crippen LogP contribution is 2.39. The number of benzene rings is 2. The normalized spacial score (nSPS) is 12.9. The number of anilines is 2. The average Bonchev–Trinajstić information content (AvgIpc) is 2.49. The summed E-state index contributed by atoms with van der Waals surface area (Å²) >= 11 is 6.30. The standard InChI is InChI=1S/C15H12ClN/c1-17-14-8-3-2-5-11(14)9-10-12-6-4-7-13(16)15(12)17/h2-10H,1H3. The molecule has 0 saturated heterocycles. The van der Waals surface area contributed by atoms with Gasteiger partial charge in [0.25, 0.3) is 0 Å². The van der Waals surface area contributed by atoms with Crippen molar-refractivity contribution in [3.05, 3.63) is 58.6 Å². The summed E-state index contributed by atoms with van der Waals surface area (Å²) in [4.78, 5) is 2.15. The molecule has 0 aromatic heterocycles. The Balaban J connectivity index is 2.29. The van der Waals surface area contributed by atoms with Crippen LogP contribution in [0, 0.1) is 0 Å². The van der Waals surface area contributed by atoms with Crippen LogP contribution in [0.3, 0.4) is 0 Å². The minimum Gasteiger partial charge on any atom is -0.342 e. The Labute approximate surface area is 106 Å². The van der Waals surface area contributed by atoms with E-state index in [1.54, 1.807) is 0 Å². The Morgan fingerprint density at radius 3 is 2.47 bits per heavy atom. The molecule has 1 aliphatic rings. The summed E-state index contributed by atoms with van der Waals surface area (Å²) in [6.07, 6.45) is 4.25. The number of nitrogens with zero attached hydrogens (tertiary/aromatic N) is 1. The Morgan fingerprint density at radius 1 is 0.882 bits per heavy atom. The van der Waals surface area contributed by atoms with E-state index in [0.29, 0.717) is 0 Å². The lowest BCUT2D eigenvalue weighted by atomic mass is 10.1. The third-order valence-corrected chi connectivity index (χ3v) is 3.40. The van der Waals surface area contributed by atoms with Crippen molar-refractivity contribution in [3.8, 4) is 0 Å². The van der Waals surface area contributed by atoms with E-state index in [1.165, 1.54) is 11.3 Å². The van der Waals surface area contributed by atoms with Crippen LogP contribution in [0.5, 0.6) is 0 Å². The van der Waals surface area contributed by atoms with Crippen LogP contribution in [0.2, 0.25) is 5.02 Å². The summed E-state index contributed by atoms with van der Waals surface area (Å²) in [5.41, 5.74) is 4.60. The second kappa shape index (κ2) is 3.94. The molecule has 1 heterocycles. The zero-order valence-electron chi connectivity index (χ0n) is 9.52. The summed E-state index contributed by atoms with van der Waals surface area (Å²) in [6, 6.07) is 14.3. The zero-order valence-corrected chi connectivity index (χ0v) is 10.3. The number of rotatable bonds is 0. The maximum absolute atomic E-state index is 6.30. The van der Waals surface area contributed by atoms with Crippen molar-refractivity contribution in [2.45, 2.75) is 0 Å². The monoisotopic (exact) mass is 241 g/mol. The number of para-hydroxylation sites is 2. The van der Waals surface area contributed by atoms with Crippen molar-refractivity contribution in [2.75, 3.05) is 11.9 Å². The van der Waals surface area contributed by atoms with Gasteiger partial charge < -0.3 is 4.90 Å². The maximum Gasteiger partial charge on any atom is 0.0671 e. The SMILES string of the molecule is CN1c2ccccc2C=Cc2cccc(Cl)c21. The summed E-state index contributed by atoms with van der Waals surface area (Å²) in [5.74, 6) is 0. The number of hydrogen-bond acceptors (Lipinski definition) is 1. The lowest BCUT2D eigenvalue weighted by Crippen LogP contribution is -2.11. The molecule has 1 aliphatic heterocycles. The Hall–Kier alpha value is -1.73. The van der Waals surface area contributed by atoms with Crippen LogP contribution in [-0.4, -0.2) is 7.05 Å². The maximum atomic E-state index is 6.30. The topological polar surface area (TPSA) is 3.24 Å². The molecular formula is C15H12ClN. The fraction of sp³-hybridized carbons (Fsp3) is 0.0667. The van der Waals surface area contributed by atoms with Gasteiger partial charge in [0.05, 0.1) is 10.7 Å². The predicted octanol–water partition coefficient (Wildman–Crippen LogP) is 4.59. The van der Waals surface area contributed by atoms with Gasteiger partial charge in [-0.25, -0.2) is 0 Å². The van der Waals surface area contributed by atoms with Crippen LogP contribution in [-0.2, 0) is 0 Å². The van der Waals surface area contributed by atoms with Gasteiger partial charge in [-0.2, -0.15) is 0 Å². The van der Waals surface area contributed by atoms with E-state index in [4.69, 9.17) is 11.6 Å². The Morgan fingerprint density at radius 2 is 1.59 bits per heavy atom. The summed E-state index contributed by atoms with van der Waals surface area (Å²) < 4.78 is 0. The van der Waals surface area contributed by atoms with E-state index in [9.17, 15) is 0 Å². The van der Waals surface area contributed by atoms with Gasteiger partial charge in [0.2, 0.25) is 0 Å². The third kappa shape index (κ3) is 1.63. The molecule has 0 bridgehead atoms. The highest BCUT2D eigenvalue weighted by atomic mass is 35.5. The predicted molar refractivity (Wildman–Crippen MR) is 74.9 cm³/mol. The van der Waals surface area contributed by atoms with E-state index < -0.39 is 0 Å². The van der Waals surface area contributed by atoms with Gasteiger partial charge in [-0.3, -0.25) is 0 Å². The fourth-order valence-corrected chi connectivity index (χ4v) is 2.56. The molecule has 2 aromatic carbocycles. The second-order valence-corrected chi connectivity index (χ2v) is 4.54. The summed E-state index contributed by atoms with van der Waals surface area (Å²) in [7, 11) is 2.05. The number of halogens is 1. The second-order valence-electron chi connectivity index (χ2n) is 4.13. The molecule has 84 valence electrons. The van der Waals surface area contributed by atoms with Crippen molar-refractivity contribution in [1.82, 2.24) is 0 Å². The lowest BCUT2D eigenvalue weighted by molar-refractivity contribution is 1.20. The first-order valence-corrected chi connectivity index (χ1v) is 5.94. The minimum absolute atomic E-state index is 0.784. The van der Waals surface area contributed by atoms with E-state index in [1.807, 2.05) is 18.2 Å². The van der Waals surface area contributed by atoms with Crippen LogP contribution in [0.25, 0.3) is 12.2 Å². The van der Waals surface area contributed by atoms with Gasteiger partial charge in [0, 0.05) is 12.7 Å². The number of fused-ring (bicyclic) bond motifs is 2. The van der Waals surface area contributed by atoms with E-state index in [2.05, 4.69) is 48.4 Å². The van der Waals surface area contributed by atoms with E-state index in [0.717, 1.165) is 16.3 Å². The number of hydrogen-bond donors (Lipinski definition) is 0. The van der Waals surface area contributed by atoms with Crippen molar-refractivity contribution in [3.63, 3.8) is 0 Å². The Kier molecular flexibility index (Phi) is 2.41. The first-order valence-electron chi connectivity index (χ1n) is 5.57. The van der Waals surface area contributed by atoms with Crippen molar-refractivity contribution >= 4 is 35.1 Å². The molecule has 0 spiro atoms. The van der Waals surface area contributed by atoms with Crippen LogP contribution in [0.4, 0.5) is 11.4 Å². The molecule has 1 nitrogen and oxygen atoms in total. The summed E-state index contributed by atoms with van der Waals surface area (Å²) in [6.45, 7) is 0. The van der Waals surface area contributed by atoms with Crippen molar-refractivity contribution in [1.29, 1.82) is 0 Å². The van der Waals surface area contributed by atoms with Crippen LogP contribution < -0.4 is 4.90 Å². The first-order chi connectivity index (χ1) is 8.27. The van der Waals surface area contributed by atoms with Crippen molar-refractivity contribution < 1.29 is 0 Å². The van der Waals surface area contributed by atoms with Gasteiger partial charge in [0.1, 0.15) is 0 Å². The molecule has 3 rings (SSSR count).